The molecule has 0 atom stereocenters. The summed E-state index contributed by atoms with van der Waals surface area (Å²) < 4.78 is 0.801. The van der Waals surface area contributed by atoms with E-state index in [1.165, 1.54) is 5.56 Å². The zero-order valence-electron chi connectivity index (χ0n) is 12.0. The van der Waals surface area contributed by atoms with Crippen molar-refractivity contribution in [1.29, 1.82) is 0 Å². The Morgan fingerprint density at radius 2 is 1.70 bits per heavy atom. The van der Waals surface area contributed by atoms with Gasteiger partial charge in [0.1, 0.15) is 11.0 Å². The molecule has 0 amide bonds. The van der Waals surface area contributed by atoms with Crippen LogP contribution >= 0.6 is 27.5 Å². The monoisotopic (exact) mass is 352 g/mol. The van der Waals surface area contributed by atoms with Gasteiger partial charge in [0, 0.05) is 11.8 Å². The largest absolute Gasteiger partial charge is 0.236 e. The summed E-state index contributed by atoms with van der Waals surface area (Å²) >= 11 is 9.70. The number of benzene rings is 1. The number of hydrogen-bond donors (Lipinski definition) is 0. The maximum atomic E-state index is 6.21. The third-order valence-corrected chi connectivity index (χ3v) is 4.30. The quantitative estimate of drug-likeness (QED) is 0.728. The van der Waals surface area contributed by atoms with Crippen molar-refractivity contribution in [2.75, 3.05) is 0 Å². The van der Waals surface area contributed by atoms with Gasteiger partial charge in [-0.05, 0) is 27.9 Å². The lowest BCUT2D eigenvalue weighted by molar-refractivity contribution is 0.557. The molecule has 0 saturated carbocycles. The van der Waals surface area contributed by atoms with Gasteiger partial charge in [0.05, 0.1) is 10.2 Å². The number of rotatable bonds is 3. The molecule has 0 aliphatic rings. The van der Waals surface area contributed by atoms with E-state index in [1.54, 1.807) is 0 Å². The van der Waals surface area contributed by atoms with Crippen LogP contribution in [0.15, 0.2) is 34.8 Å². The van der Waals surface area contributed by atoms with Gasteiger partial charge in [-0.15, -0.1) is 0 Å². The minimum absolute atomic E-state index is 0.0626. The highest BCUT2D eigenvalue weighted by molar-refractivity contribution is 9.10. The van der Waals surface area contributed by atoms with Crippen LogP contribution in [0.2, 0.25) is 5.15 Å². The fourth-order valence-electron chi connectivity index (χ4n) is 1.97. The third kappa shape index (κ3) is 3.80. The standard InChI is InChI=1S/C16H18BrClN2/c1-16(2,3)14-13(17)15(18)20-12(19-14)10-9-11-7-5-4-6-8-11/h4-8H,9-10H2,1-3H3. The molecule has 0 aliphatic carbocycles. The van der Waals surface area contributed by atoms with Crippen LogP contribution in [0.3, 0.4) is 0 Å². The second-order valence-electron chi connectivity index (χ2n) is 5.83. The van der Waals surface area contributed by atoms with Crippen LogP contribution in [-0.4, -0.2) is 9.97 Å². The first kappa shape index (κ1) is 15.5. The Kier molecular flexibility index (Phi) is 4.82. The summed E-state index contributed by atoms with van der Waals surface area (Å²) in [6, 6.07) is 10.3. The predicted molar refractivity (Wildman–Crippen MR) is 87.3 cm³/mol. The summed E-state index contributed by atoms with van der Waals surface area (Å²) in [7, 11) is 0. The summed E-state index contributed by atoms with van der Waals surface area (Å²) in [5, 5.41) is 0.494. The first-order chi connectivity index (χ1) is 9.38. The highest BCUT2D eigenvalue weighted by atomic mass is 79.9. The molecule has 0 unspecified atom stereocenters. The summed E-state index contributed by atoms with van der Waals surface area (Å²) in [6.45, 7) is 6.37. The molecule has 1 aromatic carbocycles. The van der Waals surface area contributed by atoms with E-state index < -0.39 is 0 Å². The summed E-state index contributed by atoms with van der Waals surface area (Å²) in [5.74, 6) is 0.798. The van der Waals surface area contributed by atoms with Gasteiger partial charge in [0.15, 0.2) is 0 Å². The van der Waals surface area contributed by atoms with E-state index in [-0.39, 0.29) is 5.41 Å². The van der Waals surface area contributed by atoms with E-state index in [4.69, 9.17) is 11.6 Å². The van der Waals surface area contributed by atoms with Gasteiger partial charge >= 0.3 is 0 Å². The molecule has 0 spiro atoms. The van der Waals surface area contributed by atoms with Gasteiger partial charge in [0.25, 0.3) is 0 Å². The number of nitrogens with zero attached hydrogens (tertiary/aromatic N) is 2. The van der Waals surface area contributed by atoms with Gasteiger partial charge in [-0.3, -0.25) is 0 Å². The van der Waals surface area contributed by atoms with Gasteiger partial charge < -0.3 is 0 Å². The lowest BCUT2D eigenvalue weighted by atomic mass is 9.92. The number of aryl methyl sites for hydroxylation is 2. The van der Waals surface area contributed by atoms with Crippen LogP contribution < -0.4 is 0 Å². The first-order valence-corrected chi connectivity index (χ1v) is 7.81. The zero-order valence-corrected chi connectivity index (χ0v) is 14.3. The number of halogens is 2. The molecule has 2 rings (SSSR count). The van der Waals surface area contributed by atoms with E-state index in [1.807, 2.05) is 18.2 Å². The SMILES string of the molecule is CC(C)(C)c1nc(CCc2ccccc2)nc(Cl)c1Br. The molecule has 0 fully saturated rings. The highest BCUT2D eigenvalue weighted by Gasteiger charge is 2.22. The normalized spacial score (nSPS) is 11.7. The van der Waals surface area contributed by atoms with E-state index in [0.29, 0.717) is 5.15 Å². The van der Waals surface area contributed by atoms with E-state index >= 15 is 0 Å². The molecule has 1 heterocycles. The highest BCUT2D eigenvalue weighted by Crippen LogP contribution is 2.32. The molecule has 0 aliphatic heterocycles. The summed E-state index contributed by atoms with van der Waals surface area (Å²) in [4.78, 5) is 9.05. The average Bonchev–Trinajstić information content (AvgIpc) is 2.40. The minimum Gasteiger partial charge on any atom is -0.236 e. The Morgan fingerprint density at radius 3 is 2.30 bits per heavy atom. The fourth-order valence-corrected chi connectivity index (χ4v) is 2.93. The summed E-state index contributed by atoms with van der Waals surface area (Å²) in [5.41, 5.74) is 2.18. The van der Waals surface area contributed by atoms with Gasteiger partial charge in [0.2, 0.25) is 0 Å². The molecule has 0 N–H and O–H groups in total. The van der Waals surface area contributed by atoms with E-state index in [0.717, 1.165) is 28.8 Å². The minimum atomic E-state index is -0.0626. The van der Waals surface area contributed by atoms with Crippen LogP contribution in [-0.2, 0) is 18.3 Å². The van der Waals surface area contributed by atoms with Gasteiger partial charge in [-0.1, -0.05) is 62.7 Å². The molecule has 0 radical (unpaired) electrons. The van der Waals surface area contributed by atoms with Crippen molar-refractivity contribution in [3.63, 3.8) is 0 Å². The Morgan fingerprint density at radius 1 is 1.05 bits per heavy atom. The Hall–Kier alpha value is -0.930. The van der Waals surface area contributed by atoms with Crippen LogP contribution in [0.5, 0.6) is 0 Å². The smallest absolute Gasteiger partial charge is 0.147 e. The van der Waals surface area contributed by atoms with Crippen LogP contribution in [0.25, 0.3) is 0 Å². The fraction of sp³-hybridized carbons (Fsp3) is 0.375. The molecule has 2 nitrogen and oxygen atoms in total. The molecular formula is C16H18BrClN2. The van der Waals surface area contributed by atoms with Crippen molar-refractivity contribution < 1.29 is 0 Å². The second-order valence-corrected chi connectivity index (χ2v) is 6.98. The maximum absolute atomic E-state index is 6.21. The molecule has 106 valence electrons. The maximum Gasteiger partial charge on any atom is 0.147 e. The van der Waals surface area contributed by atoms with E-state index in [9.17, 15) is 0 Å². The molecular weight excluding hydrogens is 336 g/mol. The number of aromatic nitrogens is 2. The molecule has 20 heavy (non-hydrogen) atoms. The van der Waals surface area contributed by atoms with E-state index in [2.05, 4.69) is 58.8 Å². The molecule has 1 aromatic heterocycles. The Balaban J connectivity index is 2.23. The second kappa shape index (κ2) is 6.23. The molecule has 4 heteroatoms. The zero-order chi connectivity index (χ0) is 14.8. The lowest BCUT2D eigenvalue weighted by Crippen LogP contribution is -2.17. The van der Waals surface area contributed by atoms with Crippen molar-refractivity contribution in [1.82, 2.24) is 9.97 Å². The van der Waals surface area contributed by atoms with Crippen LogP contribution in [0.4, 0.5) is 0 Å². The Labute approximate surface area is 133 Å². The van der Waals surface area contributed by atoms with Crippen molar-refractivity contribution in [3.05, 3.63) is 57.0 Å². The molecule has 0 saturated heterocycles. The van der Waals surface area contributed by atoms with Crippen LogP contribution in [0.1, 0.15) is 37.9 Å². The number of hydrogen-bond acceptors (Lipinski definition) is 2. The topological polar surface area (TPSA) is 25.8 Å². The van der Waals surface area contributed by atoms with Gasteiger partial charge in [-0.2, -0.15) is 0 Å². The van der Waals surface area contributed by atoms with Gasteiger partial charge in [-0.25, -0.2) is 9.97 Å². The molecule has 2 aromatic rings. The average molecular weight is 354 g/mol. The summed E-state index contributed by atoms with van der Waals surface area (Å²) in [6.07, 6.45) is 1.71. The first-order valence-electron chi connectivity index (χ1n) is 6.64. The van der Waals surface area contributed by atoms with Crippen LogP contribution in [0, 0.1) is 0 Å². The lowest BCUT2D eigenvalue weighted by Gasteiger charge is -2.20. The van der Waals surface area contributed by atoms with Crippen molar-refractivity contribution in [3.8, 4) is 0 Å². The third-order valence-electron chi connectivity index (χ3n) is 3.05. The van der Waals surface area contributed by atoms with Crippen molar-refractivity contribution in [2.45, 2.75) is 39.0 Å². The Bertz CT molecular complexity index is 591. The molecule has 0 bridgehead atoms. The predicted octanol–water partition coefficient (Wildman–Crippen LogP) is 4.98. The van der Waals surface area contributed by atoms with Crippen molar-refractivity contribution in [2.24, 2.45) is 0 Å². The van der Waals surface area contributed by atoms with Crippen molar-refractivity contribution >= 4 is 27.5 Å².